The highest BCUT2D eigenvalue weighted by atomic mass is 35.5. The molecule has 0 fully saturated rings. The molecule has 0 spiro atoms. The van der Waals surface area contributed by atoms with Gasteiger partial charge in [0, 0.05) is 17.6 Å². The van der Waals surface area contributed by atoms with Crippen molar-refractivity contribution in [2.75, 3.05) is 6.54 Å². The molecule has 2 aromatic carbocycles. The van der Waals surface area contributed by atoms with Crippen LogP contribution in [0.25, 0.3) is 0 Å². The third-order valence-electron chi connectivity index (χ3n) is 3.29. The molecule has 2 atom stereocenters. The summed E-state index contributed by atoms with van der Waals surface area (Å²) in [6, 6.07) is 17.2. The molecule has 3 nitrogen and oxygen atoms in total. The van der Waals surface area contributed by atoms with Gasteiger partial charge < -0.3 is 15.2 Å². The van der Waals surface area contributed by atoms with Crippen LogP contribution in [0, 0.1) is 0 Å². The van der Waals surface area contributed by atoms with Crippen molar-refractivity contribution < 1.29 is 9.84 Å². The molecule has 0 radical (unpaired) electrons. The summed E-state index contributed by atoms with van der Waals surface area (Å²) in [6.07, 6.45) is -1.09. The second kappa shape index (κ2) is 8.18. The van der Waals surface area contributed by atoms with Crippen molar-refractivity contribution in [3.05, 3.63) is 65.2 Å². The quantitative estimate of drug-likeness (QED) is 0.815. The minimum atomic E-state index is -0.652. The number of hydrogen-bond acceptors (Lipinski definition) is 3. The first-order chi connectivity index (χ1) is 10.6. The number of rotatable bonds is 7. The van der Waals surface area contributed by atoms with E-state index in [2.05, 4.69) is 5.32 Å². The molecule has 0 heterocycles. The third kappa shape index (κ3) is 5.02. The Morgan fingerprint density at radius 3 is 2.27 bits per heavy atom. The van der Waals surface area contributed by atoms with Crippen LogP contribution < -0.4 is 10.1 Å². The van der Waals surface area contributed by atoms with Crippen molar-refractivity contribution in [2.24, 2.45) is 0 Å². The molecular formula is C18H22ClNO2. The monoisotopic (exact) mass is 319 g/mol. The highest BCUT2D eigenvalue weighted by Crippen LogP contribution is 2.26. The van der Waals surface area contributed by atoms with Crippen molar-refractivity contribution in [1.82, 2.24) is 5.32 Å². The number of aliphatic hydroxyl groups is 1. The summed E-state index contributed by atoms with van der Waals surface area (Å²) in [6.45, 7) is 4.55. The predicted octanol–water partition coefficient (Wildman–Crippen LogP) is 3.82. The SMILES string of the molecule is CC(C)NCC(O)C(Oc1ccc(Cl)cc1)c1ccccc1. The normalized spacial score (nSPS) is 13.9. The highest BCUT2D eigenvalue weighted by Gasteiger charge is 2.23. The van der Waals surface area contributed by atoms with Crippen LogP contribution in [0.4, 0.5) is 0 Å². The Labute approximate surface area is 136 Å². The van der Waals surface area contributed by atoms with Crippen LogP contribution in [-0.2, 0) is 0 Å². The second-order valence-electron chi connectivity index (χ2n) is 5.53. The maximum atomic E-state index is 10.5. The number of halogens is 1. The van der Waals surface area contributed by atoms with E-state index in [0.29, 0.717) is 23.4 Å². The van der Waals surface area contributed by atoms with Gasteiger partial charge in [-0.05, 0) is 29.8 Å². The molecule has 0 bridgehead atoms. The fraction of sp³-hybridized carbons (Fsp3) is 0.333. The van der Waals surface area contributed by atoms with E-state index in [1.165, 1.54) is 0 Å². The molecule has 0 saturated carbocycles. The highest BCUT2D eigenvalue weighted by molar-refractivity contribution is 6.30. The summed E-state index contributed by atoms with van der Waals surface area (Å²) < 4.78 is 6.00. The van der Waals surface area contributed by atoms with E-state index in [0.717, 1.165) is 5.56 Å². The summed E-state index contributed by atoms with van der Waals surface area (Å²) in [4.78, 5) is 0. The summed E-state index contributed by atoms with van der Waals surface area (Å²) in [5, 5.41) is 14.4. The second-order valence-corrected chi connectivity index (χ2v) is 5.97. The Morgan fingerprint density at radius 2 is 1.68 bits per heavy atom. The summed E-state index contributed by atoms with van der Waals surface area (Å²) in [5.74, 6) is 0.682. The lowest BCUT2D eigenvalue weighted by Gasteiger charge is -2.25. The Morgan fingerprint density at radius 1 is 1.05 bits per heavy atom. The molecule has 2 rings (SSSR count). The molecule has 0 aromatic heterocycles. The van der Waals surface area contributed by atoms with Crippen molar-refractivity contribution in [3.8, 4) is 5.75 Å². The van der Waals surface area contributed by atoms with Crippen molar-refractivity contribution in [3.63, 3.8) is 0 Å². The van der Waals surface area contributed by atoms with Gasteiger partial charge in [0.2, 0.25) is 0 Å². The predicted molar refractivity (Wildman–Crippen MR) is 90.4 cm³/mol. The maximum absolute atomic E-state index is 10.5. The standard InChI is InChI=1S/C18H22ClNO2/c1-13(2)20-12-17(21)18(14-6-4-3-5-7-14)22-16-10-8-15(19)9-11-16/h3-11,13,17-18,20-21H,12H2,1-2H3. The number of nitrogens with one attached hydrogen (secondary N) is 1. The van der Waals surface area contributed by atoms with Crippen LogP contribution in [0.2, 0.25) is 5.02 Å². The summed E-state index contributed by atoms with van der Waals surface area (Å²) in [5.41, 5.74) is 0.940. The topological polar surface area (TPSA) is 41.5 Å². The average Bonchev–Trinajstić information content (AvgIpc) is 2.53. The van der Waals surface area contributed by atoms with E-state index < -0.39 is 12.2 Å². The Kier molecular flexibility index (Phi) is 6.25. The van der Waals surface area contributed by atoms with Gasteiger partial charge in [-0.1, -0.05) is 55.8 Å². The van der Waals surface area contributed by atoms with Gasteiger partial charge in [0.05, 0.1) is 0 Å². The third-order valence-corrected chi connectivity index (χ3v) is 3.54. The van der Waals surface area contributed by atoms with Gasteiger partial charge in [-0.3, -0.25) is 0 Å². The van der Waals surface area contributed by atoms with Gasteiger partial charge in [0.15, 0.2) is 6.10 Å². The van der Waals surface area contributed by atoms with E-state index in [1.54, 1.807) is 24.3 Å². The lowest BCUT2D eigenvalue weighted by Crippen LogP contribution is -2.37. The Hall–Kier alpha value is -1.55. The number of benzene rings is 2. The van der Waals surface area contributed by atoms with E-state index >= 15 is 0 Å². The largest absolute Gasteiger partial charge is 0.483 e. The fourth-order valence-electron chi connectivity index (χ4n) is 2.13. The van der Waals surface area contributed by atoms with Gasteiger partial charge in [0.1, 0.15) is 11.9 Å². The molecule has 2 aromatic rings. The van der Waals surface area contributed by atoms with Crippen molar-refractivity contribution in [1.29, 1.82) is 0 Å². The van der Waals surface area contributed by atoms with Crippen LogP contribution in [0.3, 0.4) is 0 Å². The van der Waals surface area contributed by atoms with Gasteiger partial charge in [0.25, 0.3) is 0 Å². The molecule has 0 aliphatic heterocycles. The van der Waals surface area contributed by atoms with Gasteiger partial charge in [-0.15, -0.1) is 0 Å². The average molecular weight is 320 g/mol. The number of hydrogen-bond donors (Lipinski definition) is 2. The van der Waals surface area contributed by atoms with E-state index in [4.69, 9.17) is 16.3 Å². The molecule has 4 heteroatoms. The van der Waals surface area contributed by atoms with E-state index in [1.807, 2.05) is 44.2 Å². The van der Waals surface area contributed by atoms with Gasteiger partial charge in [-0.25, -0.2) is 0 Å². The summed E-state index contributed by atoms with van der Waals surface area (Å²) in [7, 11) is 0. The minimum Gasteiger partial charge on any atom is -0.483 e. The first-order valence-electron chi connectivity index (χ1n) is 7.45. The Balaban J connectivity index is 2.16. The van der Waals surface area contributed by atoms with Crippen LogP contribution in [-0.4, -0.2) is 23.8 Å². The molecule has 2 unspecified atom stereocenters. The van der Waals surface area contributed by atoms with E-state index in [9.17, 15) is 5.11 Å². The minimum absolute atomic E-state index is 0.307. The molecule has 0 aliphatic rings. The molecular weight excluding hydrogens is 298 g/mol. The first kappa shape index (κ1) is 16.8. The first-order valence-corrected chi connectivity index (χ1v) is 7.82. The zero-order valence-corrected chi connectivity index (χ0v) is 13.6. The zero-order chi connectivity index (χ0) is 15.9. The lowest BCUT2D eigenvalue weighted by atomic mass is 10.0. The molecule has 0 saturated heterocycles. The van der Waals surface area contributed by atoms with Gasteiger partial charge >= 0.3 is 0 Å². The number of ether oxygens (including phenoxy) is 1. The Bertz CT molecular complexity index is 557. The van der Waals surface area contributed by atoms with Crippen molar-refractivity contribution in [2.45, 2.75) is 32.1 Å². The molecule has 2 N–H and O–H groups in total. The molecule has 0 amide bonds. The lowest BCUT2D eigenvalue weighted by molar-refractivity contribution is 0.0346. The van der Waals surface area contributed by atoms with Crippen LogP contribution in [0.15, 0.2) is 54.6 Å². The van der Waals surface area contributed by atoms with Gasteiger partial charge in [-0.2, -0.15) is 0 Å². The molecule has 0 aliphatic carbocycles. The molecule has 118 valence electrons. The van der Waals surface area contributed by atoms with Crippen LogP contribution >= 0.6 is 11.6 Å². The van der Waals surface area contributed by atoms with Crippen LogP contribution in [0.1, 0.15) is 25.5 Å². The van der Waals surface area contributed by atoms with Crippen LogP contribution in [0.5, 0.6) is 5.75 Å². The number of aliphatic hydroxyl groups excluding tert-OH is 1. The van der Waals surface area contributed by atoms with Crippen molar-refractivity contribution >= 4 is 11.6 Å². The van der Waals surface area contributed by atoms with E-state index in [-0.39, 0.29) is 0 Å². The maximum Gasteiger partial charge on any atom is 0.151 e. The smallest absolute Gasteiger partial charge is 0.151 e. The summed E-state index contributed by atoms with van der Waals surface area (Å²) >= 11 is 5.90. The fourth-order valence-corrected chi connectivity index (χ4v) is 2.26. The molecule has 22 heavy (non-hydrogen) atoms. The zero-order valence-electron chi connectivity index (χ0n) is 12.9.